The zero-order valence-corrected chi connectivity index (χ0v) is 15.7. The first kappa shape index (κ1) is 19.2. The Kier molecular flexibility index (Phi) is 6.11. The molecule has 3 aromatic rings. The van der Waals surface area contributed by atoms with Gasteiger partial charge in [-0.1, -0.05) is 18.2 Å². The molecule has 0 aliphatic rings. The van der Waals surface area contributed by atoms with Crippen molar-refractivity contribution in [2.24, 2.45) is 0 Å². The van der Waals surface area contributed by atoms with Crippen LogP contribution in [0.2, 0.25) is 0 Å². The number of carbonyl (C=O) groups is 1. The lowest BCUT2D eigenvalue weighted by Gasteiger charge is -2.10. The summed E-state index contributed by atoms with van der Waals surface area (Å²) < 4.78 is 16.3. The summed E-state index contributed by atoms with van der Waals surface area (Å²) in [5.74, 6) is 0.893. The third-order valence-electron chi connectivity index (χ3n) is 4.27. The number of methoxy groups -OCH3 is 2. The van der Waals surface area contributed by atoms with Gasteiger partial charge in [0.25, 0.3) is 0 Å². The molecule has 1 N–H and O–H groups in total. The van der Waals surface area contributed by atoms with E-state index >= 15 is 0 Å². The van der Waals surface area contributed by atoms with Gasteiger partial charge in [-0.2, -0.15) is 0 Å². The summed E-state index contributed by atoms with van der Waals surface area (Å²) in [7, 11) is 3.21. The number of rotatable bonds is 8. The number of hydrogen-bond acceptors (Lipinski definition) is 5. The van der Waals surface area contributed by atoms with E-state index in [1.807, 2.05) is 30.3 Å². The SMILES string of the molecule is COc1ccc(CCOc2cc(-c3cccc(C(=O)O)c3)ccn2)cc1OC. The molecule has 28 heavy (non-hydrogen) atoms. The number of benzene rings is 2. The number of nitrogens with zero attached hydrogens (tertiary/aromatic N) is 1. The van der Waals surface area contributed by atoms with E-state index in [4.69, 9.17) is 19.3 Å². The quantitative estimate of drug-likeness (QED) is 0.635. The van der Waals surface area contributed by atoms with Gasteiger partial charge < -0.3 is 19.3 Å². The van der Waals surface area contributed by atoms with Crippen LogP contribution in [0.15, 0.2) is 60.8 Å². The minimum absolute atomic E-state index is 0.241. The van der Waals surface area contributed by atoms with Gasteiger partial charge >= 0.3 is 5.97 Å². The first-order valence-electron chi connectivity index (χ1n) is 8.74. The van der Waals surface area contributed by atoms with Gasteiger partial charge in [0.1, 0.15) is 0 Å². The molecule has 1 aromatic heterocycles. The Bertz CT molecular complexity index is 971. The molecule has 0 fully saturated rings. The van der Waals surface area contributed by atoms with E-state index in [0.717, 1.165) is 16.7 Å². The number of aromatic nitrogens is 1. The number of ether oxygens (including phenoxy) is 3. The second-order valence-electron chi connectivity index (χ2n) is 6.06. The van der Waals surface area contributed by atoms with E-state index in [9.17, 15) is 4.79 Å². The Morgan fingerprint density at radius 2 is 1.75 bits per heavy atom. The highest BCUT2D eigenvalue weighted by molar-refractivity contribution is 5.89. The number of carboxylic acids is 1. The van der Waals surface area contributed by atoms with Crippen molar-refractivity contribution in [3.63, 3.8) is 0 Å². The maximum Gasteiger partial charge on any atom is 0.335 e. The molecule has 6 heteroatoms. The van der Waals surface area contributed by atoms with Crippen molar-refractivity contribution in [1.82, 2.24) is 4.98 Å². The van der Waals surface area contributed by atoms with Crippen molar-refractivity contribution in [2.75, 3.05) is 20.8 Å². The van der Waals surface area contributed by atoms with Crippen molar-refractivity contribution < 1.29 is 24.1 Å². The lowest BCUT2D eigenvalue weighted by molar-refractivity contribution is 0.0697. The molecule has 144 valence electrons. The summed E-state index contributed by atoms with van der Waals surface area (Å²) in [5.41, 5.74) is 2.94. The smallest absolute Gasteiger partial charge is 0.335 e. The maximum atomic E-state index is 11.2. The minimum atomic E-state index is -0.956. The molecule has 0 unspecified atom stereocenters. The second kappa shape index (κ2) is 8.90. The van der Waals surface area contributed by atoms with E-state index in [1.54, 1.807) is 44.7 Å². The van der Waals surface area contributed by atoms with E-state index in [-0.39, 0.29) is 5.56 Å². The van der Waals surface area contributed by atoms with Crippen LogP contribution in [0.5, 0.6) is 17.4 Å². The van der Waals surface area contributed by atoms with Crippen molar-refractivity contribution in [3.05, 3.63) is 71.9 Å². The molecule has 0 radical (unpaired) electrons. The van der Waals surface area contributed by atoms with E-state index < -0.39 is 5.97 Å². The highest BCUT2D eigenvalue weighted by Gasteiger charge is 2.07. The lowest BCUT2D eigenvalue weighted by Crippen LogP contribution is -2.03. The highest BCUT2D eigenvalue weighted by Crippen LogP contribution is 2.28. The summed E-state index contributed by atoms with van der Waals surface area (Å²) in [6.07, 6.45) is 2.33. The average molecular weight is 379 g/mol. The molecule has 6 nitrogen and oxygen atoms in total. The van der Waals surface area contributed by atoms with Crippen LogP contribution in [0.25, 0.3) is 11.1 Å². The number of hydrogen-bond donors (Lipinski definition) is 1. The topological polar surface area (TPSA) is 77.9 Å². The van der Waals surface area contributed by atoms with Gasteiger partial charge in [-0.25, -0.2) is 9.78 Å². The Balaban J connectivity index is 1.67. The van der Waals surface area contributed by atoms with Crippen molar-refractivity contribution in [2.45, 2.75) is 6.42 Å². The van der Waals surface area contributed by atoms with Gasteiger partial charge in [0, 0.05) is 18.7 Å². The van der Waals surface area contributed by atoms with Crippen LogP contribution in [0.4, 0.5) is 0 Å². The van der Waals surface area contributed by atoms with Crippen molar-refractivity contribution in [3.8, 4) is 28.5 Å². The van der Waals surface area contributed by atoms with E-state index in [0.29, 0.717) is 30.4 Å². The Hall–Kier alpha value is -3.54. The molecular formula is C22H21NO5. The Labute approximate surface area is 163 Å². The predicted octanol–water partition coefficient (Wildman–Crippen LogP) is 4.09. The van der Waals surface area contributed by atoms with Crippen LogP contribution >= 0.6 is 0 Å². The summed E-state index contributed by atoms with van der Waals surface area (Å²) in [5, 5.41) is 9.15. The van der Waals surface area contributed by atoms with Gasteiger partial charge in [-0.05, 0) is 47.0 Å². The summed E-state index contributed by atoms with van der Waals surface area (Å²) in [6, 6.07) is 16.1. The van der Waals surface area contributed by atoms with E-state index in [1.165, 1.54) is 0 Å². The standard InChI is InChI=1S/C22H21NO5/c1-26-19-7-6-15(12-20(19)27-2)9-11-28-21-14-17(8-10-23-21)16-4-3-5-18(13-16)22(24)25/h3-8,10,12-14H,9,11H2,1-2H3,(H,24,25). The zero-order valence-electron chi connectivity index (χ0n) is 15.7. The normalized spacial score (nSPS) is 10.4. The summed E-state index contributed by atoms with van der Waals surface area (Å²) in [4.78, 5) is 15.4. The number of pyridine rings is 1. The van der Waals surface area contributed by atoms with Crippen LogP contribution in [-0.4, -0.2) is 36.9 Å². The largest absolute Gasteiger partial charge is 0.493 e. The molecule has 0 atom stereocenters. The highest BCUT2D eigenvalue weighted by atomic mass is 16.5. The molecule has 0 spiro atoms. The number of aromatic carboxylic acids is 1. The van der Waals surface area contributed by atoms with Crippen molar-refractivity contribution in [1.29, 1.82) is 0 Å². The molecule has 0 saturated heterocycles. The summed E-state index contributed by atoms with van der Waals surface area (Å²) >= 11 is 0. The Morgan fingerprint density at radius 3 is 2.50 bits per heavy atom. The number of carboxylic acid groups (broad SMARTS) is 1. The average Bonchev–Trinajstić information content (AvgIpc) is 2.74. The maximum absolute atomic E-state index is 11.2. The second-order valence-corrected chi connectivity index (χ2v) is 6.06. The van der Waals surface area contributed by atoms with Crippen LogP contribution in [0, 0.1) is 0 Å². The first-order valence-corrected chi connectivity index (χ1v) is 8.74. The fourth-order valence-corrected chi connectivity index (χ4v) is 2.81. The first-order chi connectivity index (χ1) is 13.6. The fraction of sp³-hybridized carbons (Fsp3) is 0.182. The van der Waals surface area contributed by atoms with Gasteiger partial charge in [0.05, 0.1) is 26.4 Å². The lowest BCUT2D eigenvalue weighted by atomic mass is 10.0. The molecule has 3 rings (SSSR count). The van der Waals surface area contributed by atoms with Crippen LogP contribution in [0.1, 0.15) is 15.9 Å². The fourth-order valence-electron chi connectivity index (χ4n) is 2.81. The van der Waals surface area contributed by atoms with E-state index in [2.05, 4.69) is 4.98 Å². The van der Waals surface area contributed by atoms with Crippen molar-refractivity contribution >= 4 is 5.97 Å². The monoisotopic (exact) mass is 379 g/mol. The van der Waals surface area contributed by atoms with Gasteiger partial charge in [-0.15, -0.1) is 0 Å². The van der Waals surface area contributed by atoms with Gasteiger partial charge in [-0.3, -0.25) is 0 Å². The van der Waals surface area contributed by atoms with Crippen LogP contribution in [0.3, 0.4) is 0 Å². The summed E-state index contributed by atoms with van der Waals surface area (Å²) in [6.45, 7) is 0.446. The molecular weight excluding hydrogens is 358 g/mol. The van der Waals surface area contributed by atoms with Gasteiger partial charge in [0.2, 0.25) is 5.88 Å². The minimum Gasteiger partial charge on any atom is -0.493 e. The molecule has 0 bridgehead atoms. The molecule has 1 heterocycles. The van der Waals surface area contributed by atoms with Crippen LogP contribution < -0.4 is 14.2 Å². The zero-order chi connectivity index (χ0) is 19.9. The predicted molar refractivity (Wildman–Crippen MR) is 105 cm³/mol. The molecule has 0 saturated carbocycles. The van der Waals surface area contributed by atoms with Crippen LogP contribution in [-0.2, 0) is 6.42 Å². The molecule has 2 aromatic carbocycles. The molecule has 0 aliphatic carbocycles. The third-order valence-corrected chi connectivity index (χ3v) is 4.27. The Morgan fingerprint density at radius 1 is 0.964 bits per heavy atom. The third kappa shape index (κ3) is 4.59. The molecule has 0 aliphatic heterocycles. The van der Waals surface area contributed by atoms with Gasteiger partial charge in [0.15, 0.2) is 11.5 Å². The molecule has 0 amide bonds.